The molecular weight excluding hydrogens is 400 g/mol. The maximum absolute atomic E-state index is 13.7. The van der Waals surface area contributed by atoms with Gasteiger partial charge in [0.1, 0.15) is 4.83 Å². The number of carbonyl (C=O) groups is 2. The number of hydrogen-bond acceptors (Lipinski definition) is 5. The number of amides is 2. The molecule has 30 heavy (non-hydrogen) atoms. The topological polar surface area (TPSA) is 75.5 Å². The number of piperidine rings is 2. The average Bonchev–Trinajstić information content (AvgIpc) is 3.05. The lowest BCUT2D eigenvalue weighted by atomic mass is 9.76. The molecule has 2 aromatic rings. The Bertz CT molecular complexity index is 1060. The highest BCUT2D eigenvalue weighted by molar-refractivity contribution is 7.20. The molecule has 0 spiro atoms. The highest BCUT2D eigenvalue weighted by Gasteiger charge is 2.49. The van der Waals surface area contributed by atoms with E-state index in [-0.39, 0.29) is 29.0 Å². The number of aromatic nitrogens is 2. The van der Waals surface area contributed by atoms with Gasteiger partial charge in [-0.15, -0.1) is 11.3 Å². The van der Waals surface area contributed by atoms with Crippen molar-refractivity contribution >= 4 is 33.4 Å². The van der Waals surface area contributed by atoms with E-state index in [1.54, 1.807) is 17.8 Å². The standard InChI is InChI=1S/C22H30N4O3S/c1-5-10-24-13-23-19-17(20(24)28)14(2)18(30-19)21(29)25-11-7-9-22(4)16(25)8-6-12-26(22)15(3)27/h13,16H,5-12H2,1-4H3/t16-,22-/m0/s1. The smallest absolute Gasteiger partial charge is 0.264 e. The van der Waals surface area contributed by atoms with Gasteiger partial charge in [0.15, 0.2) is 0 Å². The van der Waals surface area contributed by atoms with Crippen LogP contribution in [-0.4, -0.2) is 55.8 Å². The van der Waals surface area contributed by atoms with Crippen molar-refractivity contribution in [3.05, 3.63) is 27.1 Å². The molecule has 2 aromatic heterocycles. The number of aryl methyl sites for hydroxylation is 2. The molecule has 0 saturated carbocycles. The molecule has 0 aliphatic carbocycles. The fraction of sp³-hybridized carbons (Fsp3) is 0.636. The molecule has 2 fully saturated rings. The molecule has 2 aliphatic heterocycles. The highest BCUT2D eigenvalue weighted by Crippen LogP contribution is 2.40. The zero-order valence-corrected chi connectivity index (χ0v) is 19.0. The molecule has 2 saturated heterocycles. The highest BCUT2D eigenvalue weighted by atomic mass is 32.1. The first-order valence-electron chi connectivity index (χ1n) is 10.9. The summed E-state index contributed by atoms with van der Waals surface area (Å²) in [5, 5.41) is 0.563. The van der Waals surface area contributed by atoms with E-state index < -0.39 is 0 Å². The van der Waals surface area contributed by atoms with Crippen molar-refractivity contribution in [2.24, 2.45) is 0 Å². The van der Waals surface area contributed by atoms with Gasteiger partial charge in [-0.1, -0.05) is 6.92 Å². The third-order valence-corrected chi connectivity index (χ3v) is 8.06. The van der Waals surface area contributed by atoms with Gasteiger partial charge < -0.3 is 9.80 Å². The number of likely N-dealkylation sites (tertiary alicyclic amines) is 2. The molecule has 0 bridgehead atoms. The molecule has 4 heterocycles. The summed E-state index contributed by atoms with van der Waals surface area (Å²) in [6, 6.07) is 0.00530. The van der Waals surface area contributed by atoms with Crippen LogP contribution < -0.4 is 5.56 Å². The first kappa shape index (κ1) is 21.0. The van der Waals surface area contributed by atoms with Gasteiger partial charge in [-0.05, 0) is 51.5 Å². The lowest BCUT2D eigenvalue weighted by molar-refractivity contribution is -0.143. The van der Waals surface area contributed by atoms with E-state index in [0.717, 1.165) is 44.2 Å². The number of thiophene rings is 1. The summed E-state index contributed by atoms with van der Waals surface area (Å²) < 4.78 is 1.63. The maximum atomic E-state index is 13.7. The van der Waals surface area contributed by atoms with E-state index in [9.17, 15) is 14.4 Å². The molecule has 0 aromatic carbocycles. The summed E-state index contributed by atoms with van der Waals surface area (Å²) in [6.45, 7) is 9.69. The van der Waals surface area contributed by atoms with Crippen molar-refractivity contribution in [2.75, 3.05) is 13.1 Å². The van der Waals surface area contributed by atoms with Gasteiger partial charge in [0, 0.05) is 26.6 Å². The van der Waals surface area contributed by atoms with Gasteiger partial charge in [-0.3, -0.25) is 19.0 Å². The normalized spacial score (nSPS) is 24.2. The van der Waals surface area contributed by atoms with Crippen LogP contribution in [0.5, 0.6) is 0 Å². The van der Waals surface area contributed by atoms with Crippen LogP contribution in [0, 0.1) is 6.92 Å². The Morgan fingerprint density at radius 1 is 1.30 bits per heavy atom. The largest absolute Gasteiger partial charge is 0.335 e. The molecule has 0 radical (unpaired) electrons. The first-order chi connectivity index (χ1) is 14.3. The van der Waals surface area contributed by atoms with Crippen molar-refractivity contribution in [3.8, 4) is 0 Å². The second-order valence-corrected chi connectivity index (χ2v) is 9.77. The number of nitrogens with zero attached hydrogens (tertiary/aromatic N) is 4. The van der Waals surface area contributed by atoms with Crippen LogP contribution in [0.25, 0.3) is 10.2 Å². The second kappa shape index (κ2) is 7.80. The van der Waals surface area contributed by atoms with Gasteiger partial charge in [0.05, 0.1) is 28.2 Å². The predicted molar refractivity (Wildman–Crippen MR) is 118 cm³/mol. The SMILES string of the molecule is CCCn1cnc2sc(C(=O)N3CCC[C@@]4(C)[C@@H]3CCCN4C(C)=O)c(C)c2c1=O. The third-order valence-electron chi connectivity index (χ3n) is 6.87. The van der Waals surface area contributed by atoms with Crippen molar-refractivity contribution in [2.45, 2.75) is 77.9 Å². The quantitative estimate of drug-likeness (QED) is 0.749. The molecule has 0 N–H and O–H groups in total. The van der Waals surface area contributed by atoms with Gasteiger partial charge in [0.25, 0.3) is 11.5 Å². The minimum Gasteiger partial charge on any atom is -0.335 e. The summed E-state index contributed by atoms with van der Waals surface area (Å²) >= 11 is 1.32. The molecule has 7 nitrogen and oxygen atoms in total. The Hall–Kier alpha value is -2.22. The van der Waals surface area contributed by atoms with Gasteiger partial charge in [0.2, 0.25) is 5.91 Å². The molecule has 8 heteroatoms. The number of fused-ring (bicyclic) bond motifs is 2. The van der Waals surface area contributed by atoms with Crippen LogP contribution >= 0.6 is 11.3 Å². The summed E-state index contributed by atoms with van der Waals surface area (Å²) in [7, 11) is 0. The molecule has 4 rings (SSSR count). The lowest BCUT2D eigenvalue weighted by Crippen LogP contribution is -2.67. The van der Waals surface area contributed by atoms with E-state index in [1.165, 1.54) is 11.3 Å². The fourth-order valence-electron chi connectivity index (χ4n) is 5.40. The molecule has 0 unspecified atom stereocenters. The van der Waals surface area contributed by atoms with Crippen molar-refractivity contribution in [1.29, 1.82) is 0 Å². The Balaban J connectivity index is 1.73. The Kier molecular flexibility index (Phi) is 5.46. The average molecular weight is 431 g/mol. The Morgan fingerprint density at radius 2 is 2.07 bits per heavy atom. The van der Waals surface area contributed by atoms with E-state index >= 15 is 0 Å². The summed E-state index contributed by atoms with van der Waals surface area (Å²) in [6.07, 6.45) is 6.02. The minimum absolute atomic E-state index is 0.00530. The molecular formula is C22H30N4O3S. The predicted octanol–water partition coefficient (Wildman–Crippen LogP) is 3.18. The van der Waals surface area contributed by atoms with Crippen LogP contribution in [-0.2, 0) is 11.3 Å². The van der Waals surface area contributed by atoms with Crippen LogP contribution in [0.3, 0.4) is 0 Å². The molecule has 2 amide bonds. The molecule has 2 atom stereocenters. The van der Waals surface area contributed by atoms with Crippen molar-refractivity contribution < 1.29 is 9.59 Å². The van der Waals surface area contributed by atoms with E-state index in [4.69, 9.17) is 0 Å². The fourth-order valence-corrected chi connectivity index (χ4v) is 6.49. The van der Waals surface area contributed by atoms with E-state index in [0.29, 0.717) is 28.2 Å². The summed E-state index contributed by atoms with van der Waals surface area (Å²) in [5.41, 5.74) is 0.335. The maximum Gasteiger partial charge on any atom is 0.264 e. The van der Waals surface area contributed by atoms with Crippen LogP contribution in [0.15, 0.2) is 11.1 Å². The Labute approximate surface area is 180 Å². The minimum atomic E-state index is -0.325. The summed E-state index contributed by atoms with van der Waals surface area (Å²) in [4.78, 5) is 48.5. The van der Waals surface area contributed by atoms with Crippen molar-refractivity contribution in [3.63, 3.8) is 0 Å². The number of hydrogen-bond donors (Lipinski definition) is 0. The van der Waals surface area contributed by atoms with Crippen LogP contribution in [0.4, 0.5) is 0 Å². The number of rotatable bonds is 3. The van der Waals surface area contributed by atoms with Crippen LogP contribution in [0.1, 0.15) is 68.1 Å². The monoisotopic (exact) mass is 430 g/mol. The number of carbonyl (C=O) groups excluding carboxylic acids is 2. The van der Waals surface area contributed by atoms with Gasteiger partial charge >= 0.3 is 0 Å². The Morgan fingerprint density at radius 3 is 2.77 bits per heavy atom. The van der Waals surface area contributed by atoms with Gasteiger partial charge in [-0.2, -0.15) is 0 Å². The summed E-state index contributed by atoms with van der Waals surface area (Å²) in [5.74, 6) is 0.0495. The zero-order chi connectivity index (χ0) is 21.6. The third kappa shape index (κ3) is 3.16. The second-order valence-electron chi connectivity index (χ2n) is 8.77. The van der Waals surface area contributed by atoms with E-state index in [1.807, 2.05) is 23.6 Å². The van der Waals surface area contributed by atoms with Crippen LogP contribution in [0.2, 0.25) is 0 Å². The zero-order valence-electron chi connectivity index (χ0n) is 18.2. The van der Waals surface area contributed by atoms with Gasteiger partial charge in [-0.25, -0.2) is 4.98 Å². The van der Waals surface area contributed by atoms with Crippen molar-refractivity contribution in [1.82, 2.24) is 19.4 Å². The lowest BCUT2D eigenvalue weighted by Gasteiger charge is -2.56. The first-order valence-corrected chi connectivity index (χ1v) is 11.7. The molecule has 2 aliphatic rings. The van der Waals surface area contributed by atoms with E-state index in [2.05, 4.69) is 11.9 Å². The molecule has 162 valence electrons.